The maximum Gasteiger partial charge on any atom is 0.321 e. The highest BCUT2D eigenvalue weighted by Gasteiger charge is 2.23. The van der Waals surface area contributed by atoms with Crippen molar-refractivity contribution in [2.75, 3.05) is 14.2 Å². The van der Waals surface area contributed by atoms with Gasteiger partial charge in [0.15, 0.2) is 5.65 Å². The SMILES string of the molecule is COc1nc(OC)c2c(CO)nn(C(C)c3ccc(C(C)(C)C)cc3)c2n1. The van der Waals surface area contributed by atoms with Gasteiger partial charge in [-0.3, -0.25) is 0 Å². The number of fused-ring (bicyclic) bond motifs is 1. The second kappa shape index (κ2) is 7.15. The first-order valence-electron chi connectivity index (χ1n) is 8.88. The molecule has 0 spiro atoms. The standard InChI is InChI=1S/C20H26N4O3/c1-12(13-7-9-14(10-8-13)20(2,3)4)24-17-16(15(11-25)23-24)18(26-5)22-19(21-17)27-6/h7-10,12,25H,11H2,1-6H3. The summed E-state index contributed by atoms with van der Waals surface area (Å²) in [6.07, 6.45) is 0. The summed E-state index contributed by atoms with van der Waals surface area (Å²) in [6.45, 7) is 8.38. The minimum absolute atomic E-state index is 0.0915. The molecular formula is C20H26N4O3. The summed E-state index contributed by atoms with van der Waals surface area (Å²) >= 11 is 0. The van der Waals surface area contributed by atoms with E-state index in [-0.39, 0.29) is 24.1 Å². The van der Waals surface area contributed by atoms with Crippen molar-refractivity contribution in [3.8, 4) is 11.9 Å². The molecule has 0 aliphatic heterocycles. The number of hydrogen-bond acceptors (Lipinski definition) is 6. The van der Waals surface area contributed by atoms with Crippen molar-refractivity contribution in [3.05, 3.63) is 41.1 Å². The Bertz CT molecular complexity index is 943. The molecule has 0 aliphatic carbocycles. The Balaban J connectivity index is 2.13. The van der Waals surface area contributed by atoms with Gasteiger partial charge in [0.05, 0.1) is 26.9 Å². The van der Waals surface area contributed by atoms with Crippen molar-refractivity contribution in [3.63, 3.8) is 0 Å². The summed E-state index contributed by atoms with van der Waals surface area (Å²) in [5.74, 6) is 0.336. The van der Waals surface area contributed by atoms with Crippen molar-refractivity contribution in [1.29, 1.82) is 0 Å². The largest absolute Gasteiger partial charge is 0.480 e. The van der Waals surface area contributed by atoms with E-state index < -0.39 is 0 Å². The summed E-state index contributed by atoms with van der Waals surface area (Å²) in [5.41, 5.74) is 3.50. The Hall–Kier alpha value is -2.67. The maximum atomic E-state index is 9.76. The highest BCUT2D eigenvalue weighted by molar-refractivity contribution is 5.84. The van der Waals surface area contributed by atoms with Crippen LogP contribution in [0.1, 0.15) is 50.6 Å². The third-order valence-corrected chi connectivity index (χ3v) is 4.72. The molecule has 0 radical (unpaired) electrons. The summed E-state index contributed by atoms with van der Waals surface area (Å²) in [5, 5.41) is 14.9. The Kier molecular flexibility index (Phi) is 5.06. The number of methoxy groups -OCH3 is 2. The normalized spacial score (nSPS) is 13.0. The summed E-state index contributed by atoms with van der Waals surface area (Å²) in [7, 11) is 3.03. The number of aliphatic hydroxyl groups is 1. The van der Waals surface area contributed by atoms with E-state index in [9.17, 15) is 5.11 Å². The number of rotatable bonds is 5. The van der Waals surface area contributed by atoms with Crippen molar-refractivity contribution in [2.24, 2.45) is 0 Å². The summed E-state index contributed by atoms with van der Waals surface area (Å²) < 4.78 is 12.3. The molecule has 144 valence electrons. The molecule has 1 unspecified atom stereocenters. The second-order valence-corrected chi connectivity index (χ2v) is 7.52. The number of aliphatic hydroxyl groups excluding tert-OH is 1. The Morgan fingerprint density at radius 3 is 2.26 bits per heavy atom. The monoisotopic (exact) mass is 370 g/mol. The van der Waals surface area contributed by atoms with E-state index in [1.54, 1.807) is 4.68 Å². The van der Waals surface area contributed by atoms with Crippen LogP contribution < -0.4 is 9.47 Å². The van der Waals surface area contributed by atoms with Gasteiger partial charge in [0.1, 0.15) is 11.1 Å². The van der Waals surface area contributed by atoms with Crippen LogP contribution in [-0.4, -0.2) is 39.1 Å². The molecule has 7 nitrogen and oxygen atoms in total. The lowest BCUT2D eigenvalue weighted by Gasteiger charge is -2.20. The Labute approximate surface area is 159 Å². The molecule has 1 N–H and O–H groups in total. The first-order valence-corrected chi connectivity index (χ1v) is 8.88. The fourth-order valence-electron chi connectivity index (χ4n) is 3.08. The van der Waals surface area contributed by atoms with Crippen molar-refractivity contribution in [1.82, 2.24) is 19.7 Å². The lowest BCUT2D eigenvalue weighted by molar-refractivity contribution is 0.275. The van der Waals surface area contributed by atoms with Crippen LogP contribution in [0.25, 0.3) is 11.0 Å². The average Bonchev–Trinajstić information content (AvgIpc) is 3.04. The number of hydrogen-bond donors (Lipinski definition) is 1. The van der Waals surface area contributed by atoms with Crippen LogP contribution in [0.5, 0.6) is 11.9 Å². The van der Waals surface area contributed by atoms with Crippen LogP contribution in [0, 0.1) is 0 Å². The van der Waals surface area contributed by atoms with Gasteiger partial charge in [-0.05, 0) is 23.5 Å². The van der Waals surface area contributed by atoms with Gasteiger partial charge in [-0.25, -0.2) is 4.68 Å². The molecule has 0 saturated heterocycles. The molecule has 2 aromatic heterocycles. The van der Waals surface area contributed by atoms with Crippen LogP contribution in [0.3, 0.4) is 0 Å². The smallest absolute Gasteiger partial charge is 0.321 e. The zero-order valence-corrected chi connectivity index (χ0v) is 16.6. The molecule has 2 heterocycles. The number of ether oxygens (including phenoxy) is 2. The van der Waals surface area contributed by atoms with Gasteiger partial charge in [-0.1, -0.05) is 45.0 Å². The van der Waals surface area contributed by atoms with Gasteiger partial charge in [-0.15, -0.1) is 0 Å². The lowest BCUT2D eigenvalue weighted by atomic mass is 9.86. The molecule has 3 aromatic rings. The van der Waals surface area contributed by atoms with E-state index in [2.05, 4.69) is 60.1 Å². The summed E-state index contributed by atoms with van der Waals surface area (Å²) in [6, 6.07) is 8.59. The first-order chi connectivity index (χ1) is 12.8. The number of aromatic nitrogens is 4. The highest BCUT2D eigenvalue weighted by atomic mass is 16.5. The van der Waals surface area contributed by atoms with Crippen LogP contribution >= 0.6 is 0 Å². The van der Waals surface area contributed by atoms with E-state index in [1.807, 2.05) is 6.92 Å². The quantitative estimate of drug-likeness (QED) is 0.742. The third-order valence-electron chi connectivity index (χ3n) is 4.72. The molecule has 0 fully saturated rings. The molecule has 1 aromatic carbocycles. The predicted molar refractivity (Wildman–Crippen MR) is 103 cm³/mol. The topological polar surface area (TPSA) is 82.3 Å². The molecule has 0 bridgehead atoms. The lowest BCUT2D eigenvalue weighted by Crippen LogP contribution is -2.13. The molecule has 7 heteroatoms. The van der Waals surface area contributed by atoms with Gasteiger partial charge in [-0.2, -0.15) is 15.1 Å². The van der Waals surface area contributed by atoms with Gasteiger partial charge in [0, 0.05) is 0 Å². The van der Waals surface area contributed by atoms with Crippen LogP contribution in [0.4, 0.5) is 0 Å². The van der Waals surface area contributed by atoms with Gasteiger partial charge in [0.2, 0.25) is 5.88 Å². The van der Waals surface area contributed by atoms with Crippen LogP contribution in [0.2, 0.25) is 0 Å². The summed E-state index contributed by atoms with van der Waals surface area (Å²) in [4.78, 5) is 8.66. The molecule has 0 saturated carbocycles. The Morgan fingerprint density at radius 1 is 1.07 bits per heavy atom. The van der Waals surface area contributed by atoms with E-state index in [0.29, 0.717) is 22.6 Å². The second-order valence-electron chi connectivity index (χ2n) is 7.52. The van der Waals surface area contributed by atoms with Gasteiger partial charge < -0.3 is 14.6 Å². The van der Waals surface area contributed by atoms with E-state index in [0.717, 1.165) is 5.56 Å². The van der Waals surface area contributed by atoms with Gasteiger partial charge >= 0.3 is 6.01 Å². The average molecular weight is 370 g/mol. The van der Waals surface area contributed by atoms with Crippen LogP contribution in [0.15, 0.2) is 24.3 Å². The molecule has 3 rings (SSSR count). The number of benzene rings is 1. The van der Waals surface area contributed by atoms with E-state index in [4.69, 9.17) is 9.47 Å². The number of nitrogens with zero attached hydrogens (tertiary/aromatic N) is 4. The van der Waals surface area contributed by atoms with Crippen LogP contribution in [-0.2, 0) is 12.0 Å². The van der Waals surface area contributed by atoms with E-state index in [1.165, 1.54) is 19.8 Å². The van der Waals surface area contributed by atoms with Crippen molar-refractivity contribution < 1.29 is 14.6 Å². The fourth-order valence-corrected chi connectivity index (χ4v) is 3.08. The van der Waals surface area contributed by atoms with Gasteiger partial charge in [0.25, 0.3) is 0 Å². The first kappa shape index (κ1) is 19.1. The van der Waals surface area contributed by atoms with Crippen molar-refractivity contribution >= 4 is 11.0 Å². The van der Waals surface area contributed by atoms with Crippen molar-refractivity contribution in [2.45, 2.75) is 45.8 Å². The zero-order chi connectivity index (χ0) is 19.8. The molecule has 0 aliphatic rings. The highest BCUT2D eigenvalue weighted by Crippen LogP contribution is 2.32. The minimum atomic E-state index is -0.231. The fraction of sp³-hybridized carbons (Fsp3) is 0.450. The molecular weight excluding hydrogens is 344 g/mol. The molecule has 27 heavy (non-hydrogen) atoms. The molecule has 0 amide bonds. The zero-order valence-electron chi connectivity index (χ0n) is 16.6. The third kappa shape index (κ3) is 3.47. The molecule has 1 atom stereocenters. The Morgan fingerprint density at radius 2 is 1.74 bits per heavy atom. The van der Waals surface area contributed by atoms with E-state index >= 15 is 0 Å². The maximum absolute atomic E-state index is 9.76. The minimum Gasteiger partial charge on any atom is -0.480 e. The predicted octanol–water partition coefficient (Wildman–Crippen LogP) is 3.24.